The topological polar surface area (TPSA) is 56.7 Å². The molecule has 0 fully saturated rings. The molecule has 1 heterocycles. The van der Waals surface area contributed by atoms with Gasteiger partial charge in [-0.25, -0.2) is 0 Å². The fraction of sp³-hybridized carbons (Fsp3) is 0.391. The molecule has 1 aliphatic rings. The van der Waals surface area contributed by atoms with Crippen molar-refractivity contribution in [3.63, 3.8) is 0 Å². The molecule has 2 N–H and O–H groups in total. The molecule has 0 aliphatic carbocycles. The highest BCUT2D eigenvalue weighted by molar-refractivity contribution is 14.0. The van der Waals surface area contributed by atoms with E-state index in [2.05, 4.69) is 65.9 Å². The third-order valence-corrected chi connectivity index (χ3v) is 5.10. The molecular formula is C23H31IN4O. The van der Waals surface area contributed by atoms with Crippen molar-refractivity contribution < 1.29 is 4.79 Å². The number of nitrogens with one attached hydrogen (secondary N) is 2. The fourth-order valence-electron chi connectivity index (χ4n) is 3.74. The minimum absolute atomic E-state index is 0. The zero-order valence-electron chi connectivity index (χ0n) is 17.5. The van der Waals surface area contributed by atoms with Crippen LogP contribution in [0.2, 0.25) is 0 Å². The first-order valence-corrected chi connectivity index (χ1v) is 9.91. The number of nitrogens with zero attached hydrogens (tertiary/aromatic N) is 2. The average molecular weight is 506 g/mol. The maximum atomic E-state index is 12.6. The molecule has 5 nitrogen and oxygen atoms in total. The summed E-state index contributed by atoms with van der Waals surface area (Å²) in [4.78, 5) is 18.7. The Labute approximate surface area is 191 Å². The minimum atomic E-state index is 0. The van der Waals surface area contributed by atoms with Crippen LogP contribution in [0, 0.1) is 13.8 Å². The van der Waals surface area contributed by atoms with Crippen LogP contribution in [0.4, 0.5) is 0 Å². The van der Waals surface area contributed by atoms with E-state index >= 15 is 0 Å². The van der Waals surface area contributed by atoms with Crippen molar-refractivity contribution in [2.24, 2.45) is 4.99 Å². The van der Waals surface area contributed by atoms with Crippen LogP contribution in [0.25, 0.3) is 0 Å². The summed E-state index contributed by atoms with van der Waals surface area (Å²) in [6.07, 6.45) is 1.84. The number of carbonyl (C=O) groups is 1. The number of hydrogen-bond acceptors (Lipinski definition) is 2. The molecule has 0 atom stereocenters. The van der Waals surface area contributed by atoms with Gasteiger partial charge >= 0.3 is 0 Å². The summed E-state index contributed by atoms with van der Waals surface area (Å²) >= 11 is 0. The lowest BCUT2D eigenvalue weighted by molar-refractivity contribution is -0.130. The highest BCUT2D eigenvalue weighted by Crippen LogP contribution is 2.18. The quantitative estimate of drug-likeness (QED) is 0.372. The van der Waals surface area contributed by atoms with Gasteiger partial charge in [0.25, 0.3) is 0 Å². The van der Waals surface area contributed by atoms with Crippen LogP contribution in [0.3, 0.4) is 0 Å². The Balaban J connectivity index is 0.00000300. The molecule has 2 aromatic carbocycles. The summed E-state index contributed by atoms with van der Waals surface area (Å²) in [6, 6.07) is 15.0. The lowest BCUT2D eigenvalue weighted by Gasteiger charge is -2.29. The number of fused-ring (bicyclic) bond motifs is 1. The molecule has 29 heavy (non-hydrogen) atoms. The number of amides is 1. The number of aliphatic imine (C=N–C) groups is 1. The first-order valence-electron chi connectivity index (χ1n) is 9.91. The highest BCUT2D eigenvalue weighted by Gasteiger charge is 2.20. The molecule has 0 saturated carbocycles. The predicted molar refractivity (Wildman–Crippen MR) is 130 cm³/mol. The summed E-state index contributed by atoms with van der Waals surface area (Å²) in [5.41, 5.74) is 6.47. The molecule has 0 spiro atoms. The Bertz CT molecular complexity index is 845. The Kier molecular flexibility index (Phi) is 8.95. The van der Waals surface area contributed by atoms with Gasteiger partial charge < -0.3 is 15.5 Å². The van der Waals surface area contributed by atoms with Crippen LogP contribution < -0.4 is 10.6 Å². The molecule has 0 saturated heterocycles. The molecule has 6 heteroatoms. The molecule has 0 unspecified atom stereocenters. The number of rotatable bonds is 5. The second kappa shape index (κ2) is 11.2. The number of aryl methyl sites for hydroxylation is 2. The maximum Gasteiger partial charge on any atom is 0.242 e. The Morgan fingerprint density at radius 1 is 1.07 bits per heavy atom. The van der Waals surface area contributed by atoms with E-state index in [1.165, 1.54) is 27.8 Å². The van der Waals surface area contributed by atoms with Gasteiger partial charge in [0.2, 0.25) is 5.91 Å². The second-order valence-electron chi connectivity index (χ2n) is 7.43. The van der Waals surface area contributed by atoms with E-state index in [-0.39, 0.29) is 36.4 Å². The van der Waals surface area contributed by atoms with Crippen molar-refractivity contribution in [2.75, 3.05) is 26.7 Å². The lowest BCUT2D eigenvalue weighted by atomic mass is 10.00. The van der Waals surface area contributed by atoms with Gasteiger partial charge in [-0.1, -0.05) is 53.6 Å². The van der Waals surface area contributed by atoms with Gasteiger partial charge in [-0.2, -0.15) is 0 Å². The van der Waals surface area contributed by atoms with Crippen molar-refractivity contribution in [1.29, 1.82) is 0 Å². The maximum absolute atomic E-state index is 12.6. The fourth-order valence-corrected chi connectivity index (χ4v) is 3.74. The average Bonchev–Trinajstić information content (AvgIpc) is 2.69. The Hall–Kier alpha value is -2.09. The zero-order valence-corrected chi connectivity index (χ0v) is 19.8. The largest absolute Gasteiger partial charge is 0.356 e. The number of carbonyl (C=O) groups excluding carboxylic acids is 1. The minimum Gasteiger partial charge on any atom is -0.356 e. The van der Waals surface area contributed by atoms with Crippen molar-refractivity contribution >= 4 is 35.8 Å². The van der Waals surface area contributed by atoms with E-state index in [1.54, 1.807) is 7.05 Å². The van der Waals surface area contributed by atoms with Crippen molar-refractivity contribution in [3.8, 4) is 0 Å². The SMILES string of the molecule is CN=C(NCCc1cc(C)cc(C)c1)NCC(=O)N1CCc2ccccc2C1.I. The molecule has 0 radical (unpaired) electrons. The van der Waals surface area contributed by atoms with Crippen molar-refractivity contribution in [1.82, 2.24) is 15.5 Å². The molecule has 1 aliphatic heterocycles. The lowest BCUT2D eigenvalue weighted by Crippen LogP contribution is -2.46. The van der Waals surface area contributed by atoms with E-state index in [4.69, 9.17) is 0 Å². The standard InChI is InChI=1S/C23H30N4O.HI/c1-17-12-18(2)14-19(13-17)8-10-25-23(24-3)26-15-22(28)27-11-9-20-6-4-5-7-21(20)16-27;/h4-7,12-14H,8-11,15-16H2,1-3H3,(H2,24,25,26);1H. The third kappa shape index (κ3) is 6.73. The highest BCUT2D eigenvalue weighted by atomic mass is 127. The van der Waals surface area contributed by atoms with E-state index in [9.17, 15) is 4.79 Å². The first kappa shape index (κ1) is 23.2. The van der Waals surface area contributed by atoms with Crippen LogP contribution in [-0.2, 0) is 24.2 Å². The molecule has 3 rings (SSSR count). The molecule has 0 bridgehead atoms. The van der Waals surface area contributed by atoms with Gasteiger partial charge in [0.05, 0.1) is 6.54 Å². The number of halogens is 1. The predicted octanol–water partition coefficient (Wildman–Crippen LogP) is 3.21. The Morgan fingerprint density at radius 2 is 1.76 bits per heavy atom. The van der Waals surface area contributed by atoms with Crippen molar-refractivity contribution in [3.05, 3.63) is 70.3 Å². The molecule has 1 amide bonds. The van der Waals surface area contributed by atoms with Crippen LogP contribution in [0.1, 0.15) is 27.8 Å². The molecular weight excluding hydrogens is 475 g/mol. The normalized spacial score (nSPS) is 13.3. The number of benzene rings is 2. The van der Waals surface area contributed by atoms with Crippen LogP contribution in [0.15, 0.2) is 47.5 Å². The van der Waals surface area contributed by atoms with Gasteiger partial charge in [0.1, 0.15) is 0 Å². The van der Waals surface area contributed by atoms with Crippen LogP contribution >= 0.6 is 24.0 Å². The smallest absolute Gasteiger partial charge is 0.242 e. The second-order valence-corrected chi connectivity index (χ2v) is 7.43. The van der Waals surface area contributed by atoms with E-state index in [0.29, 0.717) is 12.5 Å². The summed E-state index contributed by atoms with van der Waals surface area (Å²) < 4.78 is 0. The zero-order chi connectivity index (χ0) is 19.9. The van der Waals surface area contributed by atoms with Gasteiger partial charge in [0.15, 0.2) is 5.96 Å². The third-order valence-electron chi connectivity index (χ3n) is 5.10. The summed E-state index contributed by atoms with van der Waals surface area (Å²) in [5, 5.41) is 6.45. The van der Waals surface area contributed by atoms with Gasteiger partial charge in [-0.3, -0.25) is 9.79 Å². The molecule has 156 valence electrons. The Morgan fingerprint density at radius 3 is 2.45 bits per heavy atom. The van der Waals surface area contributed by atoms with Gasteiger partial charge in [-0.15, -0.1) is 24.0 Å². The van der Waals surface area contributed by atoms with Crippen molar-refractivity contribution in [2.45, 2.75) is 33.2 Å². The van der Waals surface area contributed by atoms with Crippen LogP contribution in [-0.4, -0.2) is 43.4 Å². The molecule has 2 aromatic rings. The van der Waals surface area contributed by atoms with Gasteiger partial charge in [-0.05, 0) is 43.4 Å². The first-order chi connectivity index (χ1) is 13.5. The van der Waals surface area contributed by atoms with E-state index in [1.807, 2.05) is 11.0 Å². The van der Waals surface area contributed by atoms with Gasteiger partial charge in [0, 0.05) is 26.7 Å². The summed E-state index contributed by atoms with van der Waals surface area (Å²) in [5.74, 6) is 0.766. The van der Waals surface area contributed by atoms with Crippen LogP contribution in [0.5, 0.6) is 0 Å². The van der Waals surface area contributed by atoms with E-state index < -0.39 is 0 Å². The summed E-state index contributed by atoms with van der Waals surface area (Å²) in [7, 11) is 1.73. The number of guanidine groups is 1. The van der Waals surface area contributed by atoms with E-state index in [0.717, 1.165) is 25.9 Å². The number of hydrogen-bond donors (Lipinski definition) is 2. The monoisotopic (exact) mass is 506 g/mol. The molecule has 0 aromatic heterocycles. The summed E-state index contributed by atoms with van der Waals surface area (Å²) in [6.45, 7) is 6.73.